The lowest BCUT2D eigenvalue weighted by Gasteiger charge is -2.45. The van der Waals surface area contributed by atoms with E-state index in [1.165, 1.54) is 32.1 Å². The van der Waals surface area contributed by atoms with Gasteiger partial charge in [-0.05, 0) is 26.7 Å². The summed E-state index contributed by atoms with van der Waals surface area (Å²) >= 11 is 0. The van der Waals surface area contributed by atoms with Crippen molar-refractivity contribution in [2.45, 2.75) is 51.7 Å². The minimum absolute atomic E-state index is 0.345. The summed E-state index contributed by atoms with van der Waals surface area (Å²) in [4.78, 5) is 0. The van der Waals surface area contributed by atoms with Gasteiger partial charge in [0.05, 0.1) is 13.2 Å². The third-order valence-electron chi connectivity index (χ3n) is 3.37. The van der Waals surface area contributed by atoms with Crippen LogP contribution in [-0.4, -0.2) is 19.0 Å². The summed E-state index contributed by atoms with van der Waals surface area (Å²) in [6.07, 6.45) is 6.69. The van der Waals surface area contributed by atoms with Gasteiger partial charge in [0.25, 0.3) is 0 Å². The highest BCUT2D eigenvalue weighted by molar-refractivity contribution is 4.86. The van der Waals surface area contributed by atoms with Crippen molar-refractivity contribution in [1.82, 2.24) is 0 Å². The van der Waals surface area contributed by atoms with Crippen molar-refractivity contribution >= 4 is 0 Å². The van der Waals surface area contributed by atoms with Gasteiger partial charge in [0.2, 0.25) is 0 Å². The summed E-state index contributed by atoms with van der Waals surface area (Å²) in [5.41, 5.74) is 0.369. The van der Waals surface area contributed by atoms with Gasteiger partial charge in [-0.2, -0.15) is 0 Å². The molecule has 2 fully saturated rings. The van der Waals surface area contributed by atoms with Gasteiger partial charge in [0.1, 0.15) is 0 Å². The summed E-state index contributed by atoms with van der Waals surface area (Å²) in [5.74, 6) is -0.345. The standard InChI is InChI=1S/C11H20O2/c1-10(2)12-8-11(9-13-10)6-4-3-5-7-11/h3-9H2,1-2H3. The van der Waals surface area contributed by atoms with E-state index in [9.17, 15) is 0 Å². The predicted octanol–water partition coefficient (Wildman–Crippen LogP) is 2.72. The van der Waals surface area contributed by atoms with E-state index in [4.69, 9.17) is 9.47 Å². The Hall–Kier alpha value is -0.0800. The van der Waals surface area contributed by atoms with Crippen LogP contribution in [0.25, 0.3) is 0 Å². The summed E-state index contributed by atoms with van der Waals surface area (Å²) in [5, 5.41) is 0. The van der Waals surface area contributed by atoms with Crippen LogP contribution >= 0.6 is 0 Å². The lowest BCUT2D eigenvalue weighted by atomic mass is 9.75. The lowest BCUT2D eigenvalue weighted by Crippen LogP contribution is -2.47. The monoisotopic (exact) mass is 184 g/mol. The molecule has 0 unspecified atom stereocenters. The van der Waals surface area contributed by atoms with E-state index >= 15 is 0 Å². The molecule has 0 aromatic carbocycles. The van der Waals surface area contributed by atoms with Crippen LogP contribution in [0.1, 0.15) is 46.0 Å². The van der Waals surface area contributed by atoms with Gasteiger partial charge >= 0.3 is 0 Å². The maximum absolute atomic E-state index is 5.74. The van der Waals surface area contributed by atoms with Gasteiger partial charge in [-0.15, -0.1) is 0 Å². The van der Waals surface area contributed by atoms with Crippen LogP contribution in [-0.2, 0) is 9.47 Å². The largest absolute Gasteiger partial charge is 0.350 e. The Morgan fingerprint density at radius 2 is 1.38 bits per heavy atom. The zero-order chi connectivity index (χ0) is 9.36. The molecule has 0 amide bonds. The summed E-state index contributed by atoms with van der Waals surface area (Å²) in [6, 6.07) is 0. The van der Waals surface area contributed by atoms with E-state index in [1.54, 1.807) is 0 Å². The Balaban J connectivity index is 1.95. The number of hydrogen-bond donors (Lipinski definition) is 0. The molecule has 1 aliphatic heterocycles. The molecule has 0 aromatic rings. The molecule has 0 N–H and O–H groups in total. The fraction of sp³-hybridized carbons (Fsp3) is 1.00. The van der Waals surface area contributed by atoms with Crippen molar-refractivity contribution in [2.75, 3.05) is 13.2 Å². The fourth-order valence-corrected chi connectivity index (χ4v) is 2.33. The Kier molecular flexibility index (Phi) is 2.37. The first-order valence-electron chi connectivity index (χ1n) is 5.40. The molecule has 2 aliphatic rings. The van der Waals surface area contributed by atoms with Gasteiger partial charge in [0, 0.05) is 5.41 Å². The molecule has 0 atom stereocenters. The fourth-order valence-electron chi connectivity index (χ4n) is 2.33. The molecule has 1 spiro atoms. The van der Waals surface area contributed by atoms with Crippen molar-refractivity contribution in [3.63, 3.8) is 0 Å². The van der Waals surface area contributed by atoms with E-state index in [2.05, 4.69) is 0 Å². The van der Waals surface area contributed by atoms with Gasteiger partial charge < -0.3 is 9.47 Å². The van der Waals surface area contributed by atoms with Gasteiger partial charge in [-0.1, -0.05) is 19.3 Å². The molecule has 1 heterocycles. The predicted molar refractivity (Wildman–Crippen MR) is 51.5 cm³/mol. The van der Waals surface area contributed by atoms with Crippen LogP contribution in [0.2, 0.25) is 0 Å². The van der Waals surface area contributed by atoms with Crippen LogP contribution in [0.3, 0.4) is 0 Å². The number of hydrogen-bond acceptors (Lipinski definition) is 2. The van der Waals surface area contributed by atoms with E-state index < -0.39 is 0 Å². The molecule has 1 saturated carbocycles. The Labute approximate surface area is 80.6 Å². The second-order valence-electron chi connectivity index (χ2n) is 5.04. The highest BCUT2D eigenvalue weighted by atomic mass is 16.7. The summed E-state index contributed by atoms with van der Waals surface area (Å²) < 4.78 is 11.5. The number of ether oxygens (including phenoxy) is 2. The van der Waals surface area contributed by atoms with Crippen molar-refractivity contribution in [1.29, 1.82) is 0 Å². The van der Waals surface area contributed by atoms with Gasteiger partial charge in [-0.25, -0.2) is 0 Å². The van der Waals surface area contributed by atoms with Gasteiger partial charge in [-0.3, -0.25) is 0 Å². The van der Waals surface area contributed by atoms with Crippen LogP contribution in [0.15, 0.2) is 0 Å². The minimum Gasteiger partial charge on any atom is -0.350 e. The minimum atomic E-state index is -0.345. The number of rotatable bonds is 0. The SMILES string of the molecule is CC1(C)OCC2(CCCCC2)CO1. The highest BCUT2D eigenvalue weighted by Gasteiger charge is 2.40. The molecule has 0 radical (unpaired) electrons. The molecule has 0 aromatic heterocycles. The van der Waals surface area contributed by atoms with Crippen LogP contribution in [0.5, 0.6) is 0 Å². The Bertz CT molecular complexity index is 169. The van der Waals surface area contributed by atoms with E-state index in [-0.39, 0.29) is 5.79 Å². The average molecular weight is 184 g/mol. The molecule has 76 valence electrons. The Morgan fingerprint density at radius 1 is 0.846 bits per heavy atom. The molecule has 13 heavy (non-hydrogen) atoms. The second kappa shape index (κ2) is 3.25. The molecule has 1 saturated heterocycles. The van der Waals surface area contributed by atoms with E-state index in [0.717, 1.165) is 13.2 Å². The van der Waals surface area contributed by atoms with E-state index in [0.29, 0.717) is 5.41 Å². The molecular formula is C11H20O2. The maximum atomic E-state index is 5.74. The second-order valence-corrected chi connectivity index (χ2v) is 5.04. The first kappa shape index (κ1) is 9.47. The maximum Gasteiger partial charge on any atom is 0.162 e. The normalized spacial score (nSPS) is 31.8. The summed E-state index contributed by atoms with van der Waals surface area (Å²) in [6.45, 7) is 5.81. The third-order valence-corrected chi connectivity index (χ3v) is 3.37. The van der Waals surface area contributed by atoms with Crippen molar-refractivity contribution in [3.8, 4) is 0 Å². The molecule has 2 rings (SSSR count). The third kappa shape index (κ3) is 2.05. The van der Waals surface area contributed by atoms with Crippen molar-refractivity contribution < 1.29 is 9.47 Å². The first-order valence-corrected chi connectivity index (χ1v) is 5.40. The smallest absolute Gasteiger partial charge is 0.162 e. The zero-order valence-electron chi connectivity index (χ0n) is 8.77. The Morgan fingerprint density at radius 3 is 1.92 bits per heavy atom. The molecular weight excluding hydrogens is 164 g/mol. The van der Waals surface area contributed by atoms with Crippen molar-refractivity contribution in [2.24, 2.45) is 5.41 Å². The molecule has 2 nitrogen and oxygen atoms in total. The first-order chi connectivity index (χ1) is 6.12. The lowest BCUT2D eigenvalue weighted by molar-refractivity contribution is -0.289. The molecule has 2 heteroatoms. The topological polar surface area (TPSA) is 18.5 Å². The van der Waals surface area contributed by atoms with Crippen LogP contribution < -0.4 is 0 Å². The average Bonchev–Trinajstić information content (AvgIpc) is 2.13. The van der Waals surface area contributed by atoms with E-state index in [1.807, 2.05) is 13.8 Å². The zero-order valence-corrected chi connectivity index (χ0v) is 8.77. The highest BCUT2D eigenvalue weighted by Crippen LogP contribution is 2.41. The quantitative estimate of drug-likeness (QED) is 0.576. The van der Waals surface area contributed by atoms with Crippen molar-refractivity contribution in [3.05, 3.63) is 0 Å². The molecule has 1 aliphatic carbocycles. The van der Waals surface area contributed by atoms with Crippen LogP contribution in [0.4, 0.5) is 0 Å². The molecule has 0 bridgehead atoms. The van der Waals surface area contributed by atoms with Crippen LogP contribution in [0, 0.1) is 5.41 Å². The summed E-state index contributed by atoms with van der Waals surface area (Å²) in [7, 11) is 0. The van der Waals surface area contributed by atoms with Gasteiger partial charge in [0.15, 0.2) is 5.79 Å².